The first-order valence-corrected chi connectivity index (χ1v) is 10.2. The van der Waals surface area contributed by atoms with Crippen molar-refractivity contribution in [3.05, 3.63) is 89.2 Å². The summed E-state index contributed by atoms with van der Waals surface area (Å²) in [5, 5.41) is 0.289. The van der Waals surface area contributed by atoms with Crippen LogP contribution in [0.25, 0.3) is 0 Å². The zero-order valence-electron chi connectivity index (χ0n) is 14.9. The van der Waals surface area contributed by atoms with Crippen LogP contribution in [-0.2, 0) is 6.42 Å². The maximum atomic E-state index is 4.57. The number of hydrogen-bond acceptors (Lipinski definition) is 3. The third-order valence-electron chi connectivity index (χ3n) is 5.62. The minimum Gasteiger partial charge on any atom is -0.347 e. The Bertz CT molecular complexity index is 950. The first-order chi connectivity index (χ1) is 12.8. The molecule has 2 nitrogen and oxygen atoms in total. The van der Waals surface area contributed by atoms with Crippen LogP contribution in [0.3, 0.4) is 0 Å². The number of anilines is 1. The van der Waals surface area contributed by atoms with E-state index in [9.17, 15) is 0 Å². The first-order valence-electron chi connectivity index (χ1n) is 9.36. The highest BCUT2D eigenvalue weighted by Gasteiger charge is 2.38. The van der Waals surface area contributed by atoms with Crippen LogP contribution < -0.4 is 4.90 Å². The normalized spacial score (nSPS) is 21.3. The van der Waals surface area contributed by atoms with Crippen molar-refractivity contribution in [1.29, 1.82) is 0 Å². The van der Waals surface area contributed by atoms with Crippen molar-refractivity contribution in [2.45, 2.75) is 42.5 Å². The molecule has 0 radical (unpaired) electrons. The number of pyridine rings is 1. The second-order valence-electron chi connectivity index (χ2n) is 7.13. The quantitative estimate of drug-likeness (QED) is 0.552. The van der Waals surface area contributed by atoms with Gasteiger partial charge in [0.25, 0.3) is 0 Å². The number of aromatic nitrogens is 1. The summed E-state index contributed by atoms with van der Waals surface area (Å²) in [7, 11) is 0. The second-order valence-corrected chi connectivity index (χ2v) is 8.25. The van der Waals surface area contributed by atoms with Crippen LogP contribution in [0.2, 0.25) is 0 Å². The average Bonchev–Trinajstić information content (AvgIpc) is 3.07. The summed E-state index contributed by atoms with van der Waals surface area (Å²) < 4.78 is 0. The molecule has 0 saturated heterocycles. The number of fused-ring (bicyclic) bond motifs is 2. The SMILES string of the molecule is Cc1ncccc1[C@@H]1Sc2ccccc2N1C1CCCc2ccccc21. The summed E-state index contributed by atoms with van der Waals surface area (Å²) in [4.78, 5) is 8.60. The van der Waals surface area contributed by atoms with Crippen LogP contribution in [0.1, 0.15) is 46.6 Å². The van der Waals surface area contributed by atoms with Crippen LogP contribution in [-0.4, -0.2) is 4.98 Å². The minimum atomic E-state index is 0.289. The molecule has 2 aromatic carbocycles. The van der Waals surface area contributed by atoms with Gasteiger partial charge >= 0.3 is 0 Å². The fourth-order valence-corrected chi connectivity index (χ4v) is 5.84. The first kappa shape index (κ1) is 16.0. The Morgan fingerprint density at radius 1 is 0.962 bits per heavy atom. The van der Waals surface area contributed by atoms with Crippen molar-refractivity contribution in [2.24, 2.45) is 0 Å². The van der Waals surface area contributed by atoms with Crippen molar-refractivity contribution >= 4 is 17.4 Å². The van der Waals surface area contributed by atoms with Gasteiger partial charge in [0.05, 0.1) is 11.7 Å². The van der Waals surface area contributed by atoms with E-state index in [0.29, 0.717) is 6.04 Å². The van der Waals surface area contributed by atoms with Gasteiger partial charge in [-0.1, -0.05) is 54.2 Å². The molecule has 0 spiro atoms. The predicted octanol–water partition coefficient (Wildman–Crippen LogP) is 6.08. The smallest absolute Gasteiger partial charge is 0.108 e. The third kappa shape index (κ3) is 2.53. The van der Waals surface area contributed by atoms with Crippen LogP contribution >= 0.6 is 11.8 Å². The number of thioether (sulfide) groups is 1. The second kappa shape index (κ2) is 6.48. The Morgan fingerprint density at radius 3 is 2.69 bits per heavy atom. The van der Waals surface area contributed by atoms with Crippen LogP contribution in [0, 0.1) is 6.92 Å². The van der Waals surface area contributed by atoms with Gasteiger partial charge in [0.2, 0.25) is 0 Å². The third-order valence-corrected chi connectivity index (χ3v) is 6.93. The van der Waals surface area contributed by atoms with Gasteiger partial charge in [-0.05, 0) is 55.5 Å². The number of rotatable bonds is 2. The summed E-state index contributed by atoms with van der Waals surface area (Å²) in [6.07, 6.45) is 5.56. The molecule has 0 fully saturated rings. The topological polar surface area (TPSA) is 16.1 Å². The van der Waals surface area contributed by atoms with Gasteiger partial charge in [0.15, 0.2) is 0 Å². The highest BCUT2D eigenvalue weighted by Crippen LogP contribution is 2.56. The molecular formula is C23H22N2S. The standard InChI is InChI=1S/C23H22N2S/c1-16-18(11-7-15-24-16)23-25(21-12-4-5-14-22(21)26-23)20-13-6-9-17-8-2-3-10-19(17)20/h2-5,7-8,10-12,14-15,20,23H,6,9,13H2,1H3/t20?,23-/m0/s1. The summed E-state index contributed by atoms with van der Waals surface area (Å²) in [5.74, 6) is 0. The maximum absolute atomic E-state index is 4.57. The zero-order valence-corrected chi connectivity index (χ0v) is 15.7. The molecule has 130 valence electrons. The van der Waals surface area contributed by atoms with Crippen molar-refractivity contribution < 1.29 is 0 Å². The van der Waals surface area contributed by atoms with Crippen molar-refractivity contribution in [3.63, 3.8) is 0 Å². The van der Waals surface area contributed by atoms with E-state index in [1.54, 1.807) is 0 Å². The van der Waals surface area contributed by atoms with Crippen molar-refractivity contribution in [1.82, 2.24) is 4.98 Å². The van der Waals surface area contributed by atoms with Crippen molar-refractivity contribution in [3.8, 4) is 0 Å². The Labute approximate surface area is 159 Å². The maximum Gasteiger partial charge on any atom is 0.108 e. The molecule has 1 aromatic heterocycles. The predicted molar refractivity (Wildman–Crippen MR) is 109 cm³/mol. The lowest BCUT2D eigenvalue weighted by molar-refractivity contribution is 0.516. The van der Waals surface area contributed by atoms with E-state index in [-0.39, 0.29) is 5.37 Å². The highest BCUT2D eigenvalue weighted by atomic mass is 32.2. The molecule has 2 aliphatic rings. The summed E-state index contributed by atoms with van der Waals surface area (Å²) in [6, 6.07) is 22.6. The van der Waals surface area contributed by atoms with Crippen LogP contribution in [0.5, 0.6) is 0 Å². The largest absolute Gasteiger partial charge is 0.347 e. The van der Waals surface area contributed by atoms with Gasteiger partial charge in [-0.25, -0.2) is 0 Å². The van der Waals surface area contributed by atoms with Gasteiger partial charge < -0.3 is 4.90 Å². The fourth-order valence-electron chi connectivity index (χ4n) is 4.39. The molecule has 0 amide bonds. The molecule has 1 aliphatic heterocycles. The Hall–Kier alpha value is -2.26. The van der Waals surface area contributed by atoms with Gasteiger partial charge in [0, 0.05) is 22.3 Å². The summed E-state index contributed by atoms with van der Waals surface area (Å²) >= 11 is 1.97. The Morgan fingerprint density at radius 2 is 1.77 bits per heavy atom. The molecule has 2 heterocycles. The lowest BCUT2D eigenvalue weighted by Crippen LogP contribution is -2.31. The highest BCUT2D eigenvalue weighted by molar-refractivity contribution is 8.00. The van der Waals surface area contributed by atoms with E-state index >= 15 is 0 Å². The molecule has 2 atom stereocenters. The zero-order chi connectivity index (χ0) is 17.5. The summed E-state index contributed by atoms with van der Waals surface area (Å²) in [6.45, 7) is 2.13. The number of hydrogen-bond donors (Lipinski definition) is 0. The molecular weight excluding hydrogens is 336 g/mol. The molecule has 1 aliphatic carbocycles. The number of nitrogens with zero attached hydrogens (tertiary/aromatic N) is 2. The lowest BCUT2D eigenvalue weighted by atomic mass is 9.86. The molecule has 5 rings (SSSR count). The van der Waals surface area contributed by atoms with E-state index < -0.39 is 0 Å². The molecule has 0 N–H and O–H groups in total. The Balaban J connectivity index is 1.66. The molecule has 3 heteroatoms. The minimum absolute atomic E-state index is 0.289. The number of para-hydroxylation sites is 1. The van der Waals surface area contributed by atoms with Crippen LogP contribution in [0.4, 0.5) is 5.69 Å². The average molecular weight is 359 g/mol. The molecule has 0 saturated carbocycles. The van der Waals surface area contributed by atoms with E-state index in [2.05, 4.69) is 77.5 Å². The number of aryl methyl sites for hydroxylation is 2. The van der Waals surface area contributed by atoms with Gasteiger partial charge in [-0.3, -0.25) is 4.98 Å². The molecule has 1 unspecified atom stereocenters. The monoisotopic (exact) mass is 358 g/mol. The lowest BCUT2D eigenvalue weighted by Gasteiger charge is -2.39. The van der Waals surface area contributed by atoms with E-state index in [1.807, 2.05) is 18.0 Å². The van der Waals surface area contributed by atoms with E-state index in [4.69, 9.17) is 0 Å². The van der Waals surface area contributed by atoms with Gasteiger partial charge in [-0.15, -0.1) is 0 Å². The number of benzene rings is 2. The molecule has 3 aromatic rings. The van der Waals surface area contributed by atoms with Crippen molar-refractivity contribution in [2.75, 3.05) is 4.90 Å². The molecule has 26 heavy (non-hydrogen) atoms. The van der Waals surface area contributed by atoms with Gasteiger partial charge in [0.1, 0.15) is 5.37 Å². The summed E-state index contributed by atoms with van der Waals surface area (Å²) in [5.41, 5.74) is 6.85. The van der Waals surface area contributed by atoms with E-state index in [1.165, 1.54) is 46.5 Å². The van der Waals surface area contributed by atoms with E-state index in [0.717, 1.165) is 5.69 Å². The Kier molecular flexibility index (Phi) is 3.97. The van der Waals surface area contributed by atoms with Crippen LogP contribution in [0.15, 0.2) is 71.8 Å². The fraction of sp³-hybridized carbons (Fsp3) is 0.261. The van der Waals surface area contributed by atoms with Gasteiger partial charge in [-0.2, -0.15) is 0 Å². The molecule has 0 bridgehead atoms.